The fraction of sp³-hybridized carbons (Fsp3) is 0.316. The van der Waals surface area contributed by atoms with Crippen LogP contribution in [0, 0.1) is 5.82 Å². The van der Waals surface area contributed by atoms with Crippen molar-refractivity contribution in [3.63, 3.8) is 0 Å². The first kappa shape index (κ1) is 15.7. The summed E-state index contributed by atoms with van der Waals surface area (Å²) in [5, 5.41) is 0. The van der Waals surface area contributed by atoms with E-state index >= 15 is 0 Å². The summed E-state index contributed by atoms with van der Waals surface area (Å²) >= 11 is 0. The van der Waals surface area contributed by atoms with E-state index in [1.165, 1.54) is 18.6 Å². The second kappa shape index (κ2) is 6.92. The number of anilines is 1. The highest BCUT2D eigenvalue weighted by atomic mass is 19.1. The number of hydrogen-bond donors (Lipinski definition) is 0. The summed E-state index contributed by atoms with van der Waals surface area (Å²) in [5.74, 6) is -0.647. The Hall–Kier alpha value is -2.20. The third-order valence-electron chi connectivity index (χ3n) is 4.31. The molecule has 0 N–H and O–H groups in total. The van der Waals surface area contributed by atoms with Crippen LogP contribution in [0.5, 0.6) is 0 Å². The zero-order valence-electron chi connectivity index (χ0n) is 13.3. The van der Waals surface area contributed by atoms with E-state index in [-0.39, 0.29) is 11.3 Å². The topological polar surface area (TPSA) is 23.6 Å². The molecule has 2 aromatic carbocycles. The Morgan fingerprint density at radius 1 is 1.00 bits per heavy atom. The Morgan fingerprint density at radius 3 is 2.35 bits per heavy atom. The van der Waals surface area contributed by atoms with Crippen molar-refractivity contribution in [3.05, 3.63) is 65.5 Å². The van der Waals surface area contributed by atoms with E-state index in [1.807, 2.05) is 12.1 Å². The molecule has 3 nitrogen and oxygen atoms in total. The minimum absolute atomic E-state index is 0.212. The van der Waals surface area contributed by atoms with Gasteiger partial charge in [-0.1, -0.05) is 36.4 Å². The summed E-state index contributed by atoms with van der Waals surface area (Å²) in [7, 11) is 0. The number of carbonyl (C=O) groups is 1. The molecule has 1 saturated heterocycles. The van der Waals surface area contributed by atoms with Gasteiger partial charge in [-0.2, -0.15) is 0 Å². The minimum atomic E-state index is -0.429. The summed E-state index contributed by atoms with van der Waals surface area (Å²) in [6.45, 7) is 5.77. The van der Waals surface area contributed by atoms with Crippen LogP contribution in [-0.2, 0) is 6.54 Å². The Balaban J connectivity index is 1.68. The summed E-state index contributed by atoms with van der Waals surface area (Å²) in [5.41, 5.74) is 2.23. The van der Waals surface area contributed by atoms with Crippen LogP contribution in [0.15, 0.2) is 48.5 Å². The third kappa shape index (κ3) is 3.59. The van der Waals surface area contributed by atoms with Gasteiger partial charge in [-0.05, 0) is 24.6 Å². The van der Waals surface area contributed by atoms with Gasteiger partial charge in [0, 0.05) is 32.7 Å². The van der Waals surface area contributed by atoms with Gasteiger partial charge < -0.3 is 4.90 Å². The summed E-state index contributed by atoms with van der Waals surface area (Å²) in [6.07, 6.45) is 0. The number of carbonyl (C=O) groups excluding carboxylic acids is 1. The molecule has 0 amide bonds. The number of piperazine rings is 1. The second-order valence-electron chi connectivity index (χ2n) is 5.94. The number of hydrogen-bond acceptors (Lipinski definition) is 3. The van der Waals surface area contributed by atoms with Gasteiger partial charge in [-0.25, -0.2) is 4.39 Å². The van der Waals surface area contributed by atoms with Gasteiger partial charge in [-0.3, -0.25) is 9.69 Å². The maximum atomic E-state index is 14.0. The Labute approximate surface area is 136 Å². The highest BCUT2D eigenvalue weighted by Crippen LogP contribution is 2.25. The van der Waals surface area contributed by atoms with Crippen molar-refractivity contribution < 1.29 is 9.18 Å². The van der Waals surface area contributed by atoms with E-state index in [4.69, 9.17) is 0 Å². The van der Waals surface area contributed by atoms with E-state index in [9.17, 15) is 9.18 Å². The largest absolute Gasteiger partial charge is 0.368 e. The van der Waals surface area contributed by atoms with Crippen LogP contribution in [0.3, 0.4) is 0 Å². The molecule has 120 valence electrons. The van der Waals surface area contributed by atoms with Gasteiger partial charge in [0.2, 0.25) is 0 Å². The Bertz CT molecular complexity index is 679. The van der Waals surface area contributed by atoms with Crippen LogP contribution in [0.2, 0.25) is 0 Å². The van der Waals surface area contributed by atoms with Gasteiger partial charge in [0.25, 0.3) is 0 Å². The SMILES string of the molecule is CC(=O)c1c(F)cccc1N1CCN(Cc2ccccc2)CC1. The first-order chi connectivity index (χ1) is 11.1. The van der Waals surface area contributed by atoms with Gasteiger partial charge in [0.1, 0.15) is 5.82 Å². The molecule has 0 aliphatic carbocycles. The fourth-order valence-corrected chi connectivity index (χ4v) is 3.11. The molecule has 0 atom stereocenters. The number of rotatable bonds is 4. The molecule has 4 heteroatoms. The van der Waals surface area contributed by atoms with Crippen molar-refractivity contribution in [1.29, 1.82) is 0 Å². The molecule has 1 fully saturated rings. The quantitative estimate of drug-likeness (QED) is 0.809. The molecule has 0 spiro atoms. The van der Waals surface area contributed by atoms with Crippen molar-refractivity contribution in [2.24, 2.45) is 0 Å². The highest BCUT2D eigenvalue weighted by Gasteiger charge is 2.22. The van der Waals surface area contributed by atoms with E-state index in [2.05, 4.69) is 34.1 Å². The normalized spacial score (nSPS) is 15.7. The molecule has 1 aliphatic heterocycles. The first-order valence-electron chi connectivity index (χ1n) is 7.96. The highest BCUT2D eigenvalue weighted by molar-refractivity contribution is 6.00. The second-order valence-corrected chi connectivity index (χ2v) is 5.94. The molecule has 3 rings (SSSR count). The Kier molecular flexibility index (Phi) is 4.72. The summed E-state index contributed by atoms with van der Waals surface area (Å²) in [4.78, 5) is 16.3. The van der Waals surface area contributed by atoms with Crippen LogP contribution in [-0.4, -0.2) is 36.9 Å². The van der Waals surface area contributed by atoms with Crippen LogP contribution >= 0.6 is 0 Å². The Morgan fingerprint density at radius 2 is 1.70 bits per heavy atom. The zero-order chi connectivity index (χ0) is 16.2. The molecular weight excluding hydrogens is 291 g/mol. The molecular formula is C19H21FN2O. The van der Waals surface area contributed by atoms with Crippen LogP contribution in [0.4, 0.5) is 10.1 Å². The molecule has 1 heterocycles. The predicted molar refractivity (Wildman–Crippen MR) is 90.3 cm³/mol. The van der Waals surface area contributed by atoms with E-state index in [1.54, 1.807) is 6.07 Å². The predicted octanol–water partition coefficient (Wildman–Crippen LogP) is 3.35. The fourth-order valence-electron chi connectivity index (χ4n) is 3.11. The van der Waals surface area contributed by atoms with Gasteiger partial charge in [0.15, 0.2) is 5.78 Å². The number of benzene rings is 2. The first-order valence-corrected chi connectivity index (χ1v) is 7.96. The van der Waals surface area contributed by atoms with Crippen molar-refractivity contribution in [1.82, 2.24) is 4.90 Å². The van der Waals surface area contributed by atoms with Crippen molar-refractivity contribution in [2.75, 3.05) is 31.1 Å². The van der Waals surface area contributed by atoms with Crippen molar-refractivity contribution >= 4 is 11.5 Å². The summed E-state index contributed by atoms with van der Waals surface area (Å²) in [6, 6.07) is 15.3. The maximum absolute atomic E-state index is 14.0. The molecule has 0 radical (unpaired) electrons. The minimum Gasteiger partial charge on any atom is -0.368 e. The molecule has 0 saturated carbocycles. The smallest absolute Gasteiger partial charge is 0.164 e. The lowest BCUT2D eigenvalue weighted by atomic mass is 10.1. The monoisotopic (exact) mass is 312 g/mol. The molecule has 0 unspecified atom stereocenters. The van der Waals surface area contributed by atoms with Crippen LogP contribution < -0.4 is 4.90 Å². The number of ketones is 1. The number of Topliss-reactive ketones (excluding diaryl/α,β-unsaturated/α-hetero) is 1. The van der Waals surface area contributed by atoms with Gasteiger partial charge >= 0.3 is 0 Å². The molecule has 2 aromatic rings. The molecule has 1 aliphatic rings. The lowest BCUT2D eigenvalue weighted by Gasteiger charge is -2.36. The maximum Gasteiger partial charge on any atom is 0.164 e. The molecule has 0 aromatic heterocycles. The zero-order valence-corrected chi connectivity index (χ0v) is 13.3. The third-order valence-corrected chi connectivity index (χ3v) is 4.31. The van der Waals surface area contributed by atoms with E-state index in [0.29, 0.717) is 0 Å². The average Bonchev–Trinajstić information content (AvgIpc) is 2.56. The lowest BCUT2D eigenvalue weighted by molar-refractivity contribution is 0.101. The number of halogens is 1. The molecule has 23 heavy (non-hydrogen) atoms. The average molecular weight is 312 g/mol. The summed E-state index contributed by atoms with van der Waals surface area (Å²) < 4.78 is 14.0. The van der Waals surface area contributed by atoms with Crippen molar-refractivity contribution in [3.8, 4) is 0 Å². The standard InChI is InChI=1S/C19H21FN2O/c1-15(23)19-17(20)8-5-9-18(19)22-12-10-21(11-13-22)14-16-6-3-2-4-7-16/h2-9H,10-14H2,1H3. The van der Waals surface area contributed by atoms with Crippen LogP contribution in [0.25, 0.3) is 0 Å². The van der Waals surface area contributed by atoms with Gasteiger partial charge in [0.05, 0.1) is 11.3 Å². The van der Waals surface area contributed by atoms with Crippen LogP contribution in [0.1, 0.15) is 22.8 Å². The van der Waals surface area contributed by atoms with E-state index < -0.39 is 5.82 Å². The van der Waals surface area contributed by atoms with Gasteiger partial charge in [-0.15, -0.1) is 0 Å². The number of nitrogens with zero attached hydrogens (tertiary/aromatic N) is 2. The van der Waals surface area contributed by atoms with E-state index in [0.717, 1.165) is 38.4 Å². The molecule has 0 bridgehead atoms. The lowest BCUT2D eigenvalue weighted by Crippen LogP contribution is -2.46. The van der Waals surface area contributed by atoms with Crippen molar-refractivity contribution in [2.45, 2.75) is 13.5 Å².